The van der Waals surface area contributed by atoms with Crippen molar-refractivity contribution in [2.45, 2.75) is 19.3 Å². The highest BCUT2D eigenvalue weighted by atomic mass is 16.4. The van der Waals surface area contributed by atoms with Crippen LogP contribution in [0.5, 0.6) is 0 Å². The standard InChI is InChI=1S/C6H14N2O2/c7-5-8-4-2-1-3-6(9)10/h8H,1-5,7H2,(H,9,10). The number of nitrogens with two attached hydrogens (primary N) is 1. The minimum atomic E-state index is -0.729. The molecule has 0 atom stereocenters. The molecule has 0 saturated heterocycles. The van der Waals surface area contributed by atoms with E-state index in [2.05, 4.69) is 5.32 Å². The van der Waals surface area contributed by atoms with Gasteiger partial charge in [-0.3, -0.25) is 4.79 Å². The average molecular weight is 146 g/mol. The van der Waals surface area contributed by atoms with Crippen molar-refractivity contribution in [1.29, 1.82) is 0 Å². The van der Waals surface area contributed by atoms with Gasteiger partial charge in [-0.1, -0.05) is 0 Å². The van der Waals surface area contributed by atoms with Crippen LogP contribution >= 0.6 is 0 Å². The van der Waals surface area contributed by atoms with Gasteiger partial charge in [-0.05, 0) is 19.4 Å². The number of carbonyl (C=O) groups is 1. The van der Waals surface area contributed by atoms with Crippen LogP contribution in [0.15, 0.2) is 0 Å². The molecule has 0 saturated carbocycles. The van der Waals surface area contributed by atoms with E-state index in [1.165, 1.54) is 0 Å². The Balaban J connectivity index is 2.84. The molecule has 0 rings (SSSR count). The topological polar surface area (TPSA) is 75.3 Å². The zero-order valence-corrected chi connectivity index (χ0v) is 5.97. The Hall–Kier alpha value is -0.610. The molecule has 4 N–H and O–H groups in total. The summed E-state index contributed by atoms with van der Waals surface area (Å²) in [6.45, 7) is 1.27. The molecule has 0 aliphatic carbocycles. The summed E-state index contributed by atoms with van der Waals surface area (Å²) in [6, 6.07) is 0. The Labute approximate surface area is 60.4 Å². The smallest absolute Gasteiger partial charge is 0.303 e. The first-order chi connectivity index (χ1) is 4.77. The maximum atomic E-state index is 9.99. The molecule has 0 radical (unpaired) electrons. The fourth-order valence-corrected chi connectivity index (χ4v) is 0.628. The number of aliphatic carboxylic acids is 1. The number of carboxylic acids is 1. The highest BCUT2D eigenvalue weighted by Crippen LogP contribution is 1.92. The van der Waals surface area contributed by atoms with Crippen molar-refractivity contribution < 1.29 is 9.90 Å². The van der Waals surface area contributed by atoms with Crippen molar-refractivity contribution >= 4 is 5.97 Å². The van der Waals surface area contributed by atoms with Crippen molar-refractivity contribution in [2.24, 2.45) is 5.73 Å². The number of carboxylic acid groups (broad SMARTS) is 1. The summed E-state index contributed by atoms with van der Waals surface area (Å²) in [4.78, 5) is 9.99. The Kier molecular flexibility index (Phi) is 6.11. The predicted octanol–water partition coefficient (Wildman–Crippen LogP) is -0.253. The second-order valence-electron chi connectivity index (χ2n) is 2.05. The van der Waals surface area contributed by atoms with Gasteiger partial charge in [-0.15, -0.1) is 0 Å². The first-order valence-electron chi connectivity index (χ1n) is 3.40. The van der Waals surface area contributed by atoms with Gasteiger partial charge in [0.1, 0.15) is 0 Å². The third kappa shape index (κ3) is 7.39. The van der Waals surface area contributed by atoms with Crippen molar-refractivity contribution in [3.63, 3.8) is 0 Å². The fourth-order valence-electron chi connectivity index (χ4n) is 0.628. The normalized spacial score (nSPS) is 9.70. The number of hydrogen-bond donors (Lipinski definition) is 3. The van der Waals surface area contributed by atoms with Crippen molar-refractivity contribution in [1.82, 2.24) is 5.32 Å². The van der Waals surface area contributed by atoms with Gasteiger partial charge in [0.25, 0.3) is 0 Å². The van der Waals surface area contributed by atoms with Crippen LogP contribution in [0.4, 0.5) is 0 Å². The predicted molar refractivity (Wildman–Crippen MR) is 38.5 cm³/mol. The molecule has 0 aromatic heterocycles. The van der Waals surface area contributed by atoms with E-state index >= 15 is 0 Å². The maximum absolute atomic E-state index is 9.99. The Morgan fingerprint density at radius 2 is 2.20 bits per heavy atom. The Morgan fingerprint density at radius 1 is 1.50 bits per heavy atom. The van der Waals surface area contributed by atoms with E-state index in [1.54, 1.807) is 0 Å². The summed E-state index contributed by atoms with van der Waals surface area (Å²) in [5.41, 5.74) is 5.14. The lowest BCUT2D eigenvalue weighted by Gasteiger charge is -1.98. The number of unbranched alkanes of at least 4 members (excludes halogenated alkanes) is 1. The van der Waals surface area contributed by atoms with Gasteiger partial charge in [0.15, 0.2) is 0 Å². The third-order valence-electron chi connectivity index (χ3n) is 1.14. The molecule has 10 heavy (non-hydrogen) atoms. The summed E-state index contributed by atoms with van der Waals surface area (Å²) >= 11 is 0. The van der Waals surface area contributed by atoms with E-state index in [0.29, 0.717) is 6.67 Å². The summed E-state index contributed by atoms with van der Waals surface area (Å²) in [5, 5.41) is 11.1. The zero-order valence-electron chi connectivity index (χ0n) is 5.97. The first kappa shape index (κ1) is 9.39. The van der Waals surface area contributed by atoms with Crippen molar-refractivity contribution in [3.05, 3.63) is 0 Å². The zero-order chi connectivity index (χ0) is 7.82. The first-order valence-corrected chi connectivity index (χ1v) is 3.40. The summed E-state index contributed by atoms with van der Waals surface area (Å²) in [6.07, 6.45) is 1.86. The highest BCUT2D eigenvalue weighted by molar-refractivity contribution is 5.66. The second-order valence-corrected chi connectivity index (χ2v) is 2.05. The minimum Gasteiger partial charge on any atom is -0.481 e. The Morgan fingerprint density at radius 3 is 2.70 bits per heavy atom. The quantitative estimate of drug-likeness (QED) is 0.356. The lowest BCUT2D eigenvalue weighted by atomic mass is 10.2. The van der Waals surface area contributed by atoms with Crippen molar-refractivity contribution in [3.8, 4) is 0 Å². The van der Waals surface area contributed by atoms with Gasteiger partial charge in [-0.25, -0.2) is 0 Å². The van der Waals surface area contributed by atoms with Crippen LogP contribution in [0.3, 0.4) is 0 Å². The van der Waals surface area contributed by atoms with Gasteiger partial charge in [-0.2, -0.15) is 0 Å². The maximum Gasteiger partial charge on any atom is 0.303 e. The summed E-state index contributed by atoms with van der Waals surface area (Å²) < 4.78 is 0. The molecule has 0 spiro atoms. The largest absolute Gasteiger partial charge is 0.481 e. The van der Waals surface area contributed by atoms with Gasteiger partial charge in [0, 0.05) is 13.1 Å². The van der Waals surface area contributed by atoms with Crippen LogP contribution in [0, 0.1) is 0 Å². The van der Waals surface area contributed by atoms with E-state index in [4.69, 9.17) is 10.8 Å². The average Bonchev–Trinajstić information content (AvgIpc) is 1.87. The minimum absolute atomic E-state index is 0.256. The number of hydrogen-bond acceptors (Lipinski definition) is 3. The van der Waals surface area contributed by atoms with E-state index in [9.17, 15) is 4.79 Å². The number of nitrogens with one attached hydrogen (secondary N) is 1. The molecule has 0 aliphatic rings. The van der Waals surface area contributed by atoms with Gasteiger partial charge >= 0.3 is 5.97 Å². The van der Waals surface area contributed by atoms with Crippen LogP contribution in [0.25, 0.3) is 0 Å². The summed E-state index contributed by atoms with van der Waals surface area (Å²) in [7, 11) is 0. The molecule has 0 aromatic carbocycles. The molecule has 0 bridgehead atoms. The van der Waals surface area contributed by atoms with Crippen LogP contribution in [0.1, 0.15) is 19.3 Å². The lowest BCUT2D eigenvalue weighted by Crippen LogP contribution is -2.23. The molecule has 0 aliphatic heterocycles. The van der Waals surface area contributed by atoms with Crippen LogP contribution in [-0.2, 0) is 4.79 Å². The molecular formula is C6H14N2O2. The van der Waals surface area contributed by atoms with Gasteiger partial charge in [0.2, 0.25) is 0 Å². The third-order valence-corrected chi connectivity index (χ3v) is 1.14. The van der Waals surface area contributed by atoms with E-state index in [0.717, 1.165) is 19.4 Å². The monoisotopic (exact) mass is 146 g/mol. The van der Waals surface area contributed by atoms with Crippen LogP contribution in [0.2, 0.25) is 0 Å². The summed E-state index contributed by atoms with van der Waals surface area (Å²) in [5.74, 6) is -0.729. The molecule has 0 heterocycles. The van der Waals surface area contributed by atoms with Gasteiger partial charge in [0.05, 0.1) is 0 Å². The number of rotatable bonds is 6. The molecule has 4 heteroatoms. The van der Waals surface area contributed by atoms with E-state index in [1.807, 2.05) is 0 Å². The molecule has 4 nitrogen and oxygen atoms in total. The fraction of sp³-hybridized carbons (Fsp3) is 0.833. The molecule has 60 valence electrons. The molecule has 0 fully saturated rings. The molecular weight excluding hydrogens is 132 g/mol. The van der Waals surface area contributed by atoms with Crippen LogP contribution in [-0.4, -0.2) is 24.3 Å². The highest BCUT2D eigenvalue weighted by Gasteiger charge is 1.94. The molecule has 0 unspecified atom stereocenters. The lowest BCUT2D eigenvalue weighted by molar-refractivity contribution is -0.137. The van der Waals surface area contributed by atoms with E-state index < -0.39 is 5.97 Å². The van der Waals surface area contributed by atoms with Crippen molar-refractivity contribution in [2.75, 3.05) is 13.2 Å². The molecule has 0 amide bonds. The Bertz CT molecular complexity index is 95.7. The SMILES string of the molecule is NCNCCCCC(=O)O. The molecule has 0 aromatic rings. The van der Waals surface area contributed by atoms with E-state index in [-0.39, 0.29) is 6.42 Å². The second kappa shape index (κ2) is 6.51. The van der Waals surface area contributed by atoms with Crippen LogP contribution < -0.4 is 11.1 Å². The van der Waals surface area contributed by atoms with Gasteiger partial charge < -0.3 is 16.2 Å².